The maximum absolute atomic E-state index is 13.1. The molecular formula is C26H21NO4. The van der Waals surface area contributed by atoms with Crippen molar-refractivity contribution in [1.82, 2.24) is 4.98 Å². The number of para-hydroxylation sites is 1. The van der Waals surface area contributed by atoms with Crippen LogP contribution < -0.4 is 9.47 Å². The molecule has 154 valence electrons. The highest BCUT2D eigenvalue weighted by molar-refractivity contribution is 5.81. The highest BCUT2D eigenvalue weighted by atomic mass is 16.5. The Hall–Kier alpha value is -3.96. The second kappa shape index (κ2) is 9.69. The molecule has 1 heterocycles. The normalized spacial score (nSPS) is 12.5. The Morgan fingerprint density at radius 3 is 1.94 bits per heavy atom. The molecule has 4 rings (SSSR count). The maximum Gasteiger partial charge on any atom is 0.321 e. The SMILES string of the molecule is O=C(Oc1ccc(Oc2ccccc2)cc1)C(c1ccccc1)C(O)c1cccnc1. The maximum atomic E-state index is 13.1. The summed E-state index contributed by atoms with van der Waals surface area (Å²) in [6.07, 6.45) is 2.07. The van der Waals surface area contributed by atoms with Gasteiger partial charge in [0.05, 0.1) is 6.10 Å². The van der Waals surface area contributed by atoms with Gasteiger partial charge < -0.3 is 14.6 Å². The zero-order valence-electron chi connectivity index (χ0n) is 16.7. The summed E-state index contributed by atoms with van der Waals surface area (Å²) in [6, 6.07) is 28.7. The van der Waals surface area contributed by atoms with E-state index in [4.69, 9.17) is 9.47 Å². The third kappa shape index (κ3) is 5.15. The van der Waals surface area contributed by atoms with E-state index in [0.29, 0.717) is 22.6 Å². The number of aliphatic hydroxyl groups is 1. The molecule has 0 spiro atoms. The second-order valence-corrected chi connectivity index (χ2v) is 6.93. The van der Waals surface area contributed by atoms with Crippen molar-refractivity contribution in [2.24, 2.45) is 0 Å². The fourth-order valence-electron chi connectivity index (χ4n) is 3.23. The van der Waals surface area contributed by atoms with Crippen LogP contribution in [-0.2, 0) is 4.79 Å². The van der Waals surface area contributed by atoms with E-state index in [2.05, 4.69) is 4.98 Å². The van der Waals surface area contributed by atoms with Gasteiger partial charge in [-0.05, 0) is 48.0 Å². The molecule has 1 aromatic heterocycles. The number of nitrogens with zero attached hydrogens (tertiary/aromatic N) is 1. The smallest absolute Gasteiger partial charge is 0.321 e. The molecule has 0 saturated heterocycles. The van der Waals surface area contributed by atoms with E-state index in [1.807, 2.05) is 48.5 Å². The van der Waals surface area contributed by atoms with Gasteiger partial charge in [-0.1, -0.05) is 54.6 Å². The van der Waals surface area contributed by atoms with Crippen LogP contribution in [-0.4, -0.2) is 16.1 Å². The Bertz CT molecular complexity index is 1100. The fourth-order valence-corrected chi connectivity index (χ4v) is 3.23. The molecule has 1 N–H and O–H groups in total. The van der Waals surface area contributed by atoms with Crippen LogP contribution in [0.25, 0.3) is 0 Å². The van der Waals surface area contributed by atoms with Crippen molar-refractivity contribution in [3.8, 4) is 17.2 Å². The number of aliphatic hydroxyl groups excluding tert-OH is 1. The summed E-state index contributed by atoms with van der Waals surface area (Å²) < 4.78 is 11.4. The van der Waals surface area contributed by atoms with Crippen molar-refractivity contribution in [3.63, 3.8) is 0 Å². The number of esters is 1. The summed E-state index contributed by atoms with van der Waals surface area (Å²) in [4.78, 5) is 17.1. The lowest BCUT2D eigenvalue weighted by atomic mass is 9.90. The molecule has 2 unspecified atom stereocenters. The zero-order valence-corrected chi connectivity index (χ0v) is 16.7. The number of benzene rings is 3. The Kier molecular flexibility index (Phi) is 6.35. The van der Waals surface area contributed by atoms with Crippen molar-refractivity contribution < 1.29 is 19.4 Å². The minimum absolute atomic E-state index is 0.365. The van der Waals surface area contributed by atoms with Crippen molar-refractivity contribution in [3.05, 3.63) is 121 Å². The number of hydrogen-bond acceptors (Lipinski definition) is 5. The monoisotopic (exact) mass is 411 g/mol. The topological polar surface area (TPSA) is 68.7 Å². The van der Waals surface area contributed by atoms with E-state index in [-0.39, 0.29) is 0 Å². The van der Waals surface area contributed by atoms with Gasteiger partial charge in [0, 0.05) is 18.0 Å². The number of aromatic nitrogens is 1. The summed E-state index contributed by atoms with van der Waals surface area (Å²) in [6.45, 7) is 0. The van der Waals surface area contributed by atoms with Gasteiger partial charge in [-0.25, -0.2) is 0 Å². The molecule has 5 heteroatoms. The summed E-state index contributed by atoms with van der Waals surface area (Å²) >= 11 is 0. The lowest BCUT2D eigenvalue weighted by molar-refractivity contribution is -0.139. The molecule has 0 aliphatic heterocycles. The van der Waals surface area contributed by atoms with E-state index in [9.17, 15) is 9.90 Å². The Morgan fingerprint density at radius 2 is 1.29 bits per heavy atom. The number of carbonyl (C=O) groups is 1. The molecule has 4 aromatic rings. The first-order valence-electron chi connectivity index (χ1n) is 9.88. The quantitative estimate of drug-likeness (QED) is 0.330. The number of hydrogen-bond donors (Lipinski definition) is 1. The van der Waals surface area contributed by atoms with Crippen LogP contribution in [0.4, 0.5) is 0 Å². The highest BCUT2D eigenvalue weighted by Gasteiger charge is 2.31. The first-order valence-corrected chi connectivity index (χ1v) is 9.88. The van der Waals surface area contributed by atoms with Crippen LogP contribution in [0.3, 0.4) is 0 Å². The lowest BCUT2D eigenvalue weighted by Gasteiger charge is -2.22. The highest BCUT2D eigenvalue weighted by Crippen LogP contribution is 2.33. The van der Waals surface area contributed by atoms with Gasteiger partial charge in [-0.2, -0.15) is 0 Å². The van der Waals surface area contributed by atoms with Crippen LogP contribution >= 0.6 is 0 Å². The van der Waals surface area contributed by atoms with Crippen LogP contribution in [0.15, 0.2) is 109 Å². The van der Waals surface area contributed by atoms with E-state index < -0.39 is 18.0 Å². The fraction of sp³-hybridized carbons (Fsp3) is 0.0769. The summed E-state index contributed by atoms with van der Waals surface area (Å²) in [5.41, 5.74) is 1.20. The summed E-state index contributed by atoms with van der Waals surface area (Å²) in [5, 5.41) is 10.9. The van der Waals surface area contributed by atoms with Gasteiger partial charge in [0.15, 0.2) is 0 Å². The summed E-state index contributed by atoms with van der Waals surface area (Å²) in [7, 11) is 0. The predicted molar refractivity (Wildman–Crippen MR) is 117 cm³/mol. The van der Waals surface area contributed by atoms with E-state index in [1.165, 1.54) is 0 Å². The van der Waals surface area contributed by atoms with Crippen molar-refractivity contribution >= 4 is 5.97 Å². The average molecular weight is 411 g/mol. The molecule has 0 aliphatic rings. The zero-order chi connectivity index (χ0) is 21.5. The van der Waals surface area contributed by atoms with Gasteiger partial charge in [-0.3, -0.25) is 9.78 Å². The molecule has 0 amide bonds. The minimum atomic E-state index is -1.09. The third-order valence-electron chi connectivity index (χ3n) is 4.78. The van der Waals surface area contributed by atoms with Crippen LogP contribution in [0.5, 0.6) is 17.2 Å². The Balaban J connectivity index is 1.52. The molecular weight excluding hydrogens is 390 g/mol. The lowest BCUT2D eigenvalue weighted by Crippen LogP contribution is -2.25. The summed E-state index contributed by atoms with van der Waals surface area (Å²) in [5.74, 6) is 0.256. The van der Waals surface area contributed by atoms with E-state index in [0.717, 1.165) is 5.75 Å². The molecule has 0 saturated carbocycles. The molecule has 3 aromatic carbocycles. The molecule has 0 radical (unpaired) electrons. The van der Waals surface area contributed by atoms with Gasteiger partial charge in [0.1, 0.15) is 23.2 Å². The molecule has 2 atom stereocenters. The van der Waals surface area contributed by atoms with Crippen LogP contribution in [0.1, 0.15) is 23.1 Å². The van der Waals surface area contributed by atoms with Gasteiger partial charge in [0.25, 0.3) is 0 Å². The first-order chi connectivity index (χ1) is 15.2. The van der Waals surface area contributed by atoms with Crippen molar-refractivity contribution in [2.75, 3.05) is 0 Å². The van der Waals surface area contributed by atoms with Crippen LogP contribution in [0.2, 0.25) is 0 Å². The van der Waals surface area contributed by atoms with Gasteiger partial charge in [-0.15, -0.1) is 0 Å². The van der Waals surface area contributed by atoms with Crippen molar-refractivity contribution in [1.29, 1.82) is 0 Å². The van der Waals surface area contributed by atoms with E-state index >= 15 is 0 Å². The number of carbonyl (C=O) groups excluding carboxylic acids is 1. The average Bonchev–Trinajstić information content (AvgIpc) is 2.82. The molecule has 0 fully saturated rings. The van der Waals surface area contributed by atoms with Gasteiger partial charge >= 0.3 is 5.97 Å². The molecule has 0 bridgehead atoms. The number of pyridine rings is 1. The van der Waals surface area contributed by atoms with Gasteiger partial charge in [0.2, 0.25) is 0 Å². The standard InChI is InChI=1S/C26H21NO4/c28-25(20-10-7-17-27-18-20)24(19-8-3-1-4-9-19)26(29)31-23-15-13-22(14-16-23)30-21-11-5-2-6-12-21/h1-18,24-25,28H. The minimum Gasteiger partial charge on any atom is -0.457 e. The van der Waals surface area contributed by atoms with Crippen LogP contribution in [0, 0.1) is 0 Å². The third-order valence-corrected chi connectivity index (χ3v) is 4.78. The Morgan fingerprint density at radius 1 is 0.710 bits per heavy atom. The molecule has 0 aliphatic carbocycles. The number of rotatable bonds is 7. The number of ether oxygens (including phenoxy) is 2. The molecule has 31 heavy (non-hydrogen) atoms. The molecule has 5 nitrogen and oxygen atoms in total. The Labute approximate surface area is 180 Å². The van der Waals surface area contributed by atoms with Crippen molar-refractivity contribution in [2.45, 2.75) is 12.0 Å². The first kappa shape index (κ1) is 20.3. The second-order valence-electron chi connectivity index (χ2n) is 6.93. The largest absolute Gasteiger partial charge is 0.457 e. The van der Waals surface area contributed by atoms with E-state index in [1.54, 1.807) is 60.9 Å². The predicted octanol–water partition coefficient (Wildman–Crippen LogP) is 5.30.